The van der Waals surface area contributed by atoms with Gasteiger partial charge in [0.05, 0.1) is 5.75 Å². The van der Waals surface area contributed by atoms with Gasteiger partial charge in [0, 0.05) is 38.6 Å². The lowest BCUT2D eigenvalue weighted by atomic mass is 10.2. The standard InChI is InChI=1S/C13H18N2OS/c1-14(2)12-5-3-11(4-6-12)9-15-7-8-17-10-13(15)16/h3-6H,7-10H2,1-2H3. The average Bonchev–Trinajstić information content (AvgIpc) is 2.33. The Morgan fingerprint density at radius 1 is 1.29 bits per heavy atom. The molecule has 0 spiro atoms. The zero-order chi connectivity index (χ0) is 12.3. The SMILES string of the molecule is CN(C)c1ccc(CN2CCSCC2=O)cc1. The van der Waals surface area contributed by atoms with Crippen molar-refractivity contribution in [1.82, 2.24) is 4.90 Å². The summed E-state index contributed by atoms with van der Waals surface area (Å²) in [5, 5.41) is 0. The second kappa shape index (κ2) is 5.45. The van der Waals surface area contributed by atoms with Gasteiger partial charge in [-0.05, 0) is 17.7 Å². The molecule has 0 aromatic heterocycles. The number of amides is 1. The zero-order valence-corrected chi connectivity index (χ0v) is 11.2. The molecule has 1 heterocycles. The number of hydrogen-bond acceptors (Lipinski definition) is 3. The van der Waals surface area contributed by atoms with Crippen LogP contribution in [0.1, 0.15) is 5.56 Å². The number of thioether (sulfide) groups is 1. The number of carbonyl (C=O) groups is 1. The largest absolute Gasteiger partial charge is 0.378 e. The molecule has 1 saturated heterocycles. The summed E-state index contributed by atoms with van der Waals surface area (Å²) in [4.78, 5) is 15.7. The number of hydrogen-bond donors (Lipinski definition) is 0. The molecule has 17 heavy (non-hydrogen) atoms. The smallest absolute Gasteiger partial charge is 0.232 e. The van der Waals surface area contributed by atoms with Crippen molar-refractivity contribution in [3.8, 4) is 0 Å². The highest BCUT2D eigenvalue weighted by molar-refractivity contribution is 8.00. The van der Waals surface area contributed by atoms with Gasteiger partial charge in [0.25, 0.3) is 0 Å². The van der Waals surface area contributed by atoms with E-state index in [1.54, 1.807) is 11.8 Å². The summed E-state index contributed by atoms with van der Waals surface area (Å²) in [6.07, 6.45) is 0. The number of rotatable bonds is 3. The van der Waals surface area contributed by atoms with E-state index in [9.17, 15) is 4.79 Å². The van der Waals surface area contributed by atoms with E-state index in [1.807, 2.05) is 19.0 Å². The molecule has 1 aromatic carbocycles. The van der Waals surface area contributed by atoms with Gasteiger partial charge in [-0.1, -0.05) is 12.1 Å². The van der Waals surface area contributed by atoms with E-state index < -0.39 is 0 Å². The minimum Gasteiger partial charge on any atom is -0.378 e. The first-order valence-corrected chi connectivity index (χ1v) is 6.94. The highest BCUT2D eigenvalue weighted by Gasteiger charge is 2.18. The van der Waals surface area contributed by atoms with Crippen molar-refractivity contribution < 1.29 is 4.79 Å². The molecular weight excluding hydrogens is 232 g/mol. The first-order chi connectivity index (χ1) is 8.16. The predicted molar refractivity (Wildman–Crippen MR) is 73.5 cm³/mol. The third-order valence-corrected chi connectivity index (χ3v) is 3.83. The van der Waals surface area contributed by atoms with Crippen molar-refractivity contribution in [1.29, 1.82) is 0 Å². The van der Waals surface area contributed by atoms with Crippen LogP contribution in [-0.4, -0.2) is 43.0 Å². The molecule has 0 aliphatic carbocycles. The van der Waals surface area contributed by atoms with Crippen LogP contribution in [0.4, 0.5) is 5.69 Å². The molecule has 1 fully saturated rings. The fourth-order valence-corrected chi connectivity index (χ4v) is 2.69. The van der Waals surface area contributed by atoms with E-state index in [1.165, 1.54) is 11.3 Å². The Balaban J connectivity index is 2.00. The second-order valence-corrected chi connectivity index (χ2v) is 5.53. The predicted octanol–water partition coefficient (Wildman–Crippen LogP) is 1.83. The second-order valence-electron chi connectivity index (χ2n) is 4.43. The Morgan fingerprint density at radius 3 is 2.59 bits per heavy atom. The van der Waals surface area contributed by atoms with Gasteiger partial charge in [0.1, 0.15) is 0 Å². The van der Waals surface area contributed by atoms with Gasteiger partial charge < -0.3 is 9.80 Å². The molecule has 1 amide bonds. The van der Waals surface area contributed by atoms with Crippen molar-refractivity contribution in [3.63, 3.8) is 0 Å². The highest BCUT2D eigenvalue weighted by Crippen LogP contribution is 2.16. The summed E-state index contributed by atoms with van der Waals surface area (Å²) in [5.41, 5.74) is 2.39. The molecule has 4 heteroatoms. The third kappa shape index (κ3) is 3.16. The molecule has 1 aromatic rings. The van der Waals surface area contributed by atoms with Crippen molar-refractivity contribution in [2.24, 2.45) is 0 Å². The van der Waals surface area contributed by atoms with Crippen molar-refractivity contribution in [3.05, 3.63) is 29.8 Å². The molecule has 3 nitrogen and oxygen atoms in total. The number of benzene rings is 1. The van der Waals surface area contributed by atoms with Gasteiger partial charge in [0.2, 0.25) is 5.91 Å². The topological polar surface area (TPSA) is 23.6 Å². The molecular formula is C13H18N2OS. The molecule has 0 atom stereocenters. The van der Waals surface area contributed by atoms with Crippen LogP contribution >= 0.6 is 11.8 Å². The Kier molecular flexibility index (Phi) is 3.94. The third-order valence-electron chi connectivity index (χ3n) is 2.91. The molecule has 1 aliphatic rings. The summed E-state index contributed by atoms with van der Waals surface area (Å²) in [6, 6.07) is 8.39. The average molecular weight is 250 g/mol. The van der Waals surface area contributed by atoms with E-state index in [4.69, 9.17) is 0 Å². The van der Waals surface area contributed by atoms with Crippen LogP contribution < -0.4 is 4.90 Å². The fourth-order valence-electron chi connectivity index (χ4n) is 1.84. The normalized spacial score (nSPS) is 16.1. The zero-order valence-electron chi connectivity index (χ0n) is 10.3. The maximum Gasteiger partial charge on any atom is 0.232 e. The van der Waals surface area contributed by atoms with Gasteiger partial charge in [0.15, 0.2) is 0 Å². The van der Waals surface area contributed by atoms with Crippen LogP contribution in [-0.2, 0) is 11.3 Å². The van der Waals surface area contributed by atoms with Gasteiger partial charge in [-0.25, -0.2) is 0 Å². The lowest BCUT2D eigenvalue weighted by Crippen LogP contribution is -2.37. The number of carbonyl (C=O) groups excluding carboxylic acids is 1. The Labute approximate surface area is 107 Å². The van der Waals surface area contributed by atoms with Crippen LogP contribution in [0.2, 0.25) is 0 Å². The monoisotopic (exact) mass is 250 g/mol. The van der Waals surface area contributed by atoms with Crippen LogP contribution in [0.25, 0.3) is 0 Å². The highest BCUT2D eigenvalue weighted by atomic mass is 32.2. The van der Waals surface area contributed by atoms with Crippen molar-refractivity contribution in [2.75, 3.05) is 37.0 Å². The molecule has 0 unspecified atom stereocenters. The van der Waals surface area contributed by atoms with Crippen LogP contribution in [0, 0.1) is 0 Å². The van der Waals surface area contributed by atoms with Crippen LogP contribution in [0.5, 0.6) is 0 Å². The fraction of sp³-hybridized carbons (Fsp3) is 0.462. The molecule has 0 N–H and O–H groups in total. The summed E-state index contributed by atoms with van der Waals surface area (Å²) >= 11 is 1.73. The van der Waals surface area contributed by atoms with E-state index in [-0.39, 0.29) is 5.91 Å². The van der Waals surface area contributed by atoms with Gasteiger partial charge in [-0.15, -0.1) is 0 Å². The number of nitrogens with zero attached hydrogens (tertiary/aromatic N) is 2. The van der Waals surface area contributed by atoms with Gasteiger partial charge in [-0.3, -0.25) is 4.79 Å². The molecule has 2 rings (SSSR count). The minimum atomic E-state index is 0.262. The molecule has 0 bridgehead atoms. The summed E-state index contributed by atoms with van der Waals surface area (Å²) in [5.74, 6) is 1.95. The Hall–Kier alpha value is -1.16. The maximum absolute atomic E-state index is 11.7. The molecule has 0 radical (unpaired) electrons. The van der Waals surface area contributed by atoms with Crippen LogP contribution in [0.3, 0.4) is 0 Å². The first-order valence-electron chi connectivity index (χ1n) is 5.78. The van der Waals surface area contributed by atoms with Crippen molar-refractivity contribution in [2.45, 2.75) is 6.54 Å². The van der Waals surface area contributed by atoms with Gasteiger partial charge in [-0.2, -0.15) is 11.8 Å². The van der Waals surface area contributed by atoms with Crippen molar-refractivity contribution >= 4 is 23.4 Å². The molecule has 1 aliphatic heterocycles. The molecule has 92 valence electrons. The quantitative estimate of drug-likeness (QED) is 0.817. The Bertz CT molecular complexity index is 389. The lowest BCUT2D eigenvalue weighted by Gasteiger charge is -2.26. The number of anilines is 1. The van der Waals surface area contributed by atoms with E-state index >= 15 is 0 Å². The van der Waals surface area contributed by atoms with Gasteiger partial charge >= 0.3 is 0 Å². The van der Waals surface area contributed by atoms with E-state index in [0.29, 0.717) is 5.75 Å². The summed E-state index contributed by atoms with van der Waals surface area (Å²) < 4.78 is 0. The first kappa shape index (κ1) is 12.3. The lowest BCUT2D eigenvalue weighted by molar-refractivity contribution is -0.129. The minimum absolute atomic E-state index is 0.262. The maximum atomic E-state index is 11.7. The Morgan fingerprint density at radius 2 is 2.00 bits per heavy atom. The van der Waals surface area contributed by atoms with Crippen LogP contribution in [0.15, 0.2) is 24.3 Å². The van der Waals surface area contributed by atoms with E-state index in [2.05, 4.69) is 29.2 Å². The molecule has 0 saturated carbocycles. The summed E-state index contributed by atoms with van der Waals surface area (Å²) in [7, 11) is 4.06. The summed E-state index contributed by atoms with van der Waals surface area (Å²) in [6.45, 7) is 1.62. The van der Waals surface area contributed by atoms with E-state index in [0.717, 1.165) is 18.8 Å².